The van der Waals surface area contributed by atoms with E-state index in [-0.39, 0.29) is 38.9 Å². The minimum Gasteiger partial charge on any atom is -0.463 e. The molecular formula is C32H23ClN4O9S. The van der Waals surface area contributed by atoms with Gasteiger partial charge in [0.05, 0.1) is 32.3 Å². The van der Waals surface area contributed by atoms with Gasteiger partial charge in [0.15, 0.2) is 4.80 Å². The molecule has 4 heterocycles. The molecule has 1 aliphatic rings. The van der Waals surface area contributed by atoms with E-state index in [1.54, 1.807) is 57.2 Å². The average Bonchev–Trinajstić information content (AvgIpc) is 3.77. The van der Waals surface area contributed by atoms with Crippen LogP contribution in [0, 0.1) is 27.2 Å². The zero-order valence-corrected chi connectivity index (χ0v) is 26.5. The number of ether oxygens (including phenoxy) is 1. The number of furan rings is 2. The molecular weight excluding hydrogens is 652 g/mol. The van der Waals surface area contributed by atoms with E-state index in [4.69, 9.17) is 25.2 Å². The molecule has 13 nitrogen and oxygen atoms in total. The Morgan fingerprint density at radius 1 is 1.04 bits per heavy atom. The molecule has 0 spiro atoms. The maximum absolute atomic E-state index is 14.0. The lowest BCUT2D eigenvalue weighted by Gasteiger charge is -2.22. The molecule has 0 fully saturated rings. The number of benzene rings is 2. The number of thiazole rings is 1. The molecule has 5 aromatic rings. The fourth-order valence-corrected chi connectivity index (χ4v) is 6.43. The van der Waals surface area contributed by atoms with Crippen molar-refractivity contribution in [2.45, 2.75) is 26.8 Å². The predicted octanol–water partition coefficient (Wildman–Crippen LogP) is 6.10. The van der Waals surface area contributed by atoms with Crippen LogP contribution in [0.2, 0.25) is 5.02 Å². The first-order valence-electron chi connectivity index (χ1n) is 14.1. The Kier molecular flexibility index (Phi) is 8.21. The molecule has 1 aliphatic heterocycles. The first kappa shape index (κ1) is 31.4. The van der Waals surface area contributed by atoms with E-state index < -0.39 is 27.4 Å². The second-order valence-corrected chi connectivity index (χ2v) is 11.8. The second-order valence-electron chi connectivity index (χ2n) is 10.4. The van der Waals surface area contributed by atoms with E-state index in [1.165, 1.54) is 34.9 Å². The van der Waals surface area contributed by atoms with E-state index in [0.717, 1.165) is 16.9 Å². The highest BCUT2D eigenvalue weighted by molar-refractivity contribution is 7.07. The predicted molar refractivity (Wildman–Crippen MR) is 172 cm³/mol. The van der Waals surface area contributed by atoms with Crippen LogP contribution in [0.1, 0.15) is 37.0 Å². The van der Waals surface area contributed by atoms with Gasteiger partial charge in [0, 0.05) is 35.4 Å². The van der Waals surface area contributed by atoms with Crippen molar-refractivity contribution in [2.75, 3.05) is 6.61 Å². The van der Waals surface area contributed by atoms with E-state index in [2.05, 4.69) is 4.99 Å². The minimum absolute atomic E-state index is 0.0115. The molecule has 0 N–H and O–H groups in total. The van der Waals surface area contributed by atoms with Gasteiger partial charge in [0.2, 0.25) is 0 Å². The highest BCUT2D eigenvalue weighted by Crippen LogP contribution is 2.36. The van der Waals surface area contributed by atoms with Crippen molar-refractivity contribution < 1.29 is 28.2 Å². The molecule has 0 amide bonds. The molecule has 238 valence electrons. The van der Waals surface area contributed by atoms with Crippen LogP contribution in [0.15, 0.2) is 90.6 Å². The summed E-state index contributed by atoms with van der Waals surface area (Å²) in [5.41, 5.74) is 1.18. The highest BCUT2D eigenvalue weighted by atomic mass is 35.5. The molecule has 0 aliphatic carbocycles. The standard InChI is InChI=1S/C32H23ClN4O9S/c1-4-44-31(39)28-17(3)34-32-35(29(28)26-12-11-25(46-26)21-14-19(36(40)41)7-5-16(21)2)30(38)27(47-32)15-20-8-10-24(45-20)18-6-9-22(33)23(13-18)37(42)43/h5-15,29H,4H2,1-3H3/b27-15-/t29-/m1/s1. The number of aromatic nitrogens is 1. The Morgan fingerprint density at radius 3 is 2.53 bits per heavy atom. The molecule has 0 saturated heterocycles. The lowest BCUT2D eigenvalue weighted by molar-refractivity contribution is -0.384. The van der Waals surface area contributed by atoms with Crippen LogP contribution in [0.3, 0.4) is 0 Å². The Hall–Kier alpha value is -5.60. The topological polar surface area (TPSA) is 173 Å². The van der Waals surface area contributed by atoms with Crippen LogP contribution in [-0.4, -0.2) is 27.0 Å². The van der Waals surface area contributed by atoms with Gasteiger partial charge in [-0.3, -0.25) is 29.6 Å². The van der Waals surface area contributed by atoms with Gasteiger partial charge in [0.25, 0.3) is 16.9 Å². The Labute approximate surface area is 273 Å². The number of rotatable bonds is 8. The molecule has 0 saturated carbocycles. The Morgan fingerprint density at radius 2 is 1.81 bits per heavy atom. The largest absolute Gasteiger partial charge is 0.463 e. The molecule has 0 unspecified atom stereocenters. The third-order valence-electron chi connectivity index (χ3n) is 7.44. The highest BCUT2D eigenvalue weighted by Gasteiger charge is 2.35. The van der Waals surface area contributed by atoms with Crippen molar-refractivity contribution in [1.82, 2.24) is 4.57 Å². The number of esters is 1. The first-order valence-corrected chi connectivity index (χ1v) is 15.2. The number of hydrogen-bond acceptors (Lipinski definition) is 11. The van der Waals surface area contributed by atoms with Gasteiger partial charge in [-0.05, 0) is 62.7 Å². The van der Waals surface area contributed by atoms with Crippen LogP contribution >= 0.6 is 22.9 Å². The zero-order chi connectivity index (χ0) is 33.6. The Balaban J connectivity index is 1.45. The van der Waals surface area contributed by atoms with Crippen molar-refractivity contribution >= 4 is 46.4 Å². The van der Waals surface area contributed by atoms with Crippen LogP contribution in [-0.2, 0) is 9.53 Å². The lowest BCUT2D eigenvalue weighted by atomic mass is 10.0. The summed E-state index contributed by atoms with van der Waals surface area (Å²) in [7, 11) is 0. The van der Waals surface area contributed by atoms with Crippen molar-refractivity contribution in [3.8, 4) is 22.6 Å². The van der Waals surface area contributed by atoms with E-state index in [1.807, 2.05) is 0 Å². The van der Waals surface area contributed by atoms with Crippen LogP contribution < -0.4 is 14.9 Å². The average molecular weight is 675 g/mol. The summed E-state index contributed by atoms with van der Waals surface area (Å²) in [6.07, 6.45) is 1.51. The smallest absolute Gasteiger partial charge is 0.338 e. The summed E-state index contributed by atoms with van der Waals surface area (Å²) in [6.45, 7) is 5.16. The summed E-state index contributed by atoms with van der Waals surface area (Å²) in [5.74, 6) is 0.473. The quantitative estimate of drug-likeness (QED) is 0.107. The number of nitro groups is 2. The summed E-state index contributed by atoms with van der Waals surface area (Å²) >= 11 is 7.01. The fraction of sp³-hybridized carbons (Fsp3) is 0.156. The minimum atomic E-state index is -1.05. The maximum atomic E-state index is 14.0. The Bertz CT molecular complexity index is 2330. The number of hydrogen-bond donors (Lipinski definition) is 0. The summed E-state index contributed by atoms with van der Waals surface area (Å²) in [4.78, 5) is 53.7. The van der Waals surface area contributed by atoms with Gasteiger partial charge in [-0.25, -0.2) is 9.79 Å². The lowest BCUT2D eigenvalue weighted by Crippen LogP contribution is -2.39. The van der Waals surface area contributed by atoms with Gasteiger partial charge in [-0.1, -0.05) is 29.0 Å². The molecule has 3 aromatic heterocycles. The van der Waals surface area contributed by atoms with Gasteiger partial charge >= 0.3 is 5.97 Å². The third kappa shape index (κ3) is 5.79. The zero-order valence-electron chi connectivity index (χ0n) is 24.9. The van der Waals surface area contributed by atoms with Gasteiger partial charge in [-0.2, -0.15) is 0 Å². The number of allylic oxidation sites excluding steroid dienone is 1. The third-order valence-corrected chi connectivity index (χ3v) is 8.74. The summed E-state index contributed by atoms with van der Waals surface area (Å²) in [6, 6.07) is 14.1. The number of aryl methyl sites for hydroxylation is 1. The van der Waals surface area contributed by atoms with E-state index >= 15 is 0 Å². The molecule has 0 radical (unpaired) electrons. The molecule has 1 atom stereocenters. The fourth-order valence-electron chi connectivity index (χ4n) is 5.21. The van der Waals surface area contributed by atoms with Gasteiger partial charge in [0.1, 0.15) is 34.1 Å². The van der Waals surface area contributed by atoms with Crippen LogP contribution in [0.4, 0.5) is 11.4 Å². The molecule has 0 bridgehead atoms. The molecule has 15 heteroatoms. The van der Waals surface area contributed by atoms with Crippen molar-refractivity contribution in [3.05, 3.63) is 134 Å². The maximum Gasteiger partial charge on any atom is 0.338 e. The second kappa shape index (κ2) is 12.3. The number of nitrogens with zero attached hydrogens (tertiary/aromatic N) is 4. The summed E-state index contributed by atoms with van der Waals surface area (Å²) in [5, 5.41) is 22.8. The SMILES string of the molecule is CCOC(=O)C1=C(C)N=c2s/c(=C\c3ccc(-c4ccc(Cl)c([N+](=O)[O-])c4)o3)c(=O)n2[C@@H]1c1ccc(-c2cc([N+](=O)[O-])ccc2C)o1. The number of halogens is 1. The van der Waals surface area contributed by atoms with Crippen LogP contribution in [0.25, 0.3) is 28.7 Å². The number of carbonyl (C=O) groups excluding carboxylic acids is 1. The van der Waals surface area contributed by atoms with E-state index in [0.29, 0.717) is 38.9 Å². The monoisotopic (exact) mass is 674 g/mol. The molecule has 6 rings (SSSR count). The number of nitro benzene ring substituents is 2. The molecule has 2 aromatic carbocycles. The van der Waals surface area contributed by atoms with Gasteiger partial charge in [-0.15, -0.1) is 0 Å². The number of non-ortho nitro benzene ring substituents is 1. The van der Waals surface area contributed by atoms with Crippen LogP contribution in [0.5, 0.6) is 0 Å². The van der Waals surface area contributed by atoms with Crippen molar-refractivity contribution in [3.63, 3.8) is 0 Å². The first-order chi connectivity index (χ1) is 22.5. The summed E-state index contributed by atoms with van der Waals surface area (Å²) < 4.78 is 19.0. The molecule has 47 heavy (non-hydrogen) atoms. The van der Waals surface area contributed by atoms with E-state index in [9.17, 15) is 29.8 Å². The van der Waals surface area contributed by atoms with Crippen molar-refractivity contribution in [2.24, 2.45) is 4.99 Å². The normalized spacial score (nSPS) is 14.6. The van der Waals surface area contributed by atoms with Gasteiger partial charge < -0.3 is 13.6 Å². The van der Waals surface area contributed by atoms with Crippen molar-refractivity contribution in [1.29, 1.82) is 0 Å². The number of fused-ring (bicyclic) bond motifs is 1. The number of carbonyl (C=O) groups is 1.